The van der Waals surface area contributed by atoms with Gasteiger partial charge in [0.2, 0.25) is 0 Å². The van der Waals surface area contributed by atoms with E-state index in [-0.39, 0.29) is 12.4 Å². The fourth-order valence-corrected chi connectivity index (χ4v) is 0.820. The topological polar surface area (TPSA) is 26.0 Å². The standard InChI is InChI=1S/C8H9ClN2.ClH/c1-10-8(9)11-7-5-3-2-4-6-7;/h2-6H,1H3,(H,10,11);1H. The normalized spacial score (nSPS) is 10.3. The molecule has 0 heterocycles. The molecule has 4 heteroatoms. The highest BCUT2D eigenvalue weighted by Crippen LogP contribution is 2.04. The van der Waals surface area contributed by atoms with Crippen LogP contribution < -0.4 is 22.7 Å². The third-order valence-corrected chi connectivity index (χ3v) is 1.53. The number of anilines is 1. The minimum Gasteiger partial charge on any atom is -1.00 e. The van der Waals surface area contributed by atoms with Crippen LogP contribution in [-0.2, 0) is 0 Å². The molecule has 0 saturated carbocycles. The zero-order chi connectivity index (χ0) is 8.10. The van der Waals surface area contributed by atoms with Gasteiger partial charge in [-0.15, -0.1) is 0 Å². The molecule has 1 aromatic carbocycles. The van der Waals surface area contributed by atoms with Gasteiger partial charge in [0.05, 0.1) is 7.05 Å². The molecule has 1 aromatic rings. The summed E-state index contributed by atoms with van der Waals surface area (Å²) in [6, 6.07) is 9.74. The summed E-state index contributed by atoms with van der Waals surface area (Å²) in [7, 11) is 1.76. The van der Waals surface area contributed by atoms with Gasteiger partial charge in [0.15, 0.2) is 0 Å². The van der Waals surface area contributed by atoms with E-state index in [9.17, 15) is 0 Å². The van der Waals surface area contributed by atoms with Gasteiger partial charge in [0.25, 0.3) is 0 Å². The lowest BCUT2D eigenvalue weighted by atomic mass is 10.3. The van der Waals surface area contributed by atoms with Crippen molar-refractivity contribution in [3.63, 3.8) is 0 Å². The fourth-order valence-electron chi connectivity index (χ4n) is 0.711. The summed E-state index contributed by atoms with van der Waals surface area (Å²) in [5.74, 6) is 0. The predicted octanol–water partition coefficient (Wildman–Crippen LogP) is -2.59. The molecule has 1 rings (SSSR count). The molecule has 0 spiro atoms. The Bertz CT molecular complexity index is 246. The van der Waals surface area contributed by atoms with Crippen LogP contribution in [-0.4, -0.2) is 12.3 Å². The summed E-state index contributed by atoms with van der Waals surface area (Å²) in [6.45, 7) is 0. The number of hydrogen-bond acceptors (Lipinski definition) is 0. The van der Waals surface area contributed by atoms with Crippen molar-refractivity contribution in [1.29, 1.82) is 0 Å². The van der Waals surface area contributed by atoms with Gasteiger partial charge in [-0.3, -0.25) is 4.99 Å². The quantitative estimate of drug-likeness (QED) is 0.293. The van der Waals surface area contributed by atoms with Crippen LogP contribution in [0.5, 0.6) is 0 Å². The van der Waals surface area contributed by atoms with Gasteiger partial charge in [-0.2, -0.15) is 0 Å². The van der Waals surface area contributed by atoms with E-state index in [4.69, 9.17) is 11.6 Å². The maximum atomic E-state index is 5.69. The Morgan fingerprint density at radius 1 is 1.33 bits per heavy atom. The van der Waals surface area contributed by atoms with Gasteiger partial charge in [0.1, 0.15) is 5.69 Å². The SMILES string of the molecule is C[NH+]=C(Cl)Nc1ccccc1.[Cl-]. The second kappa shape index (κ2) is 5.86. The van der Waals surface area contributed by atoms with E-state index in [1.165, 1.54) is 0 Å². The third-order valence-electron chi connectivity index (χ3n) is 1.25. The van der Waals surface area contributed by atoms with E-state index < -0.39 is 0 Å². The zero-order valence-corrected chi connectivity index (χ0v) is 8.15. The summed E-state index contributed by atoms with van der Waals surface area (Å²) < 4.78 is 0. The number of rotatable bonds is 1. The Hall–Kier alpha value is -0.730. The van der Waals surface area contributed by atoms with Crippen LogP contribution in [0.3, 0.4) is 0 Å². The van der Waals surface area contributed by atoms with Crippen molar-refractivity contribution in [3.05, 3.63) is 30.3 Å². The van der Waals surface area contributed by atoms with Crippen molar-refractivity contribution >= 4 is 22.6 Å². The van der Waals surface area contributed by atoms with Gasteiger partial charge in [-0.25, -0.2) is 5.32 Å². The lowest BCUT2D eigenvalue weighted by Crippen LogP contribution is -3.00. The predicted molar refractivity (Wildman–Crippen MR) is 47.8 cm³/mol. The summed E-state index contributed by atoms with van der Waals surface area (Å²) >= 11 is 5.69. The molecule has 0 unspecified atom stereocenters. The zero-order valence-electron chi connectivity index (χ0n) is 6.64. The van der Waals surface area contributed by atoms with Crippen LogP contribution in [0.25, 0.3) is 0 Å². The Morgan fingerprint density at radius 3 is 2.42 bits per heavy atom. The van der Waals surface area contributed by atoms with Crippen molar-refractivity contribution in [2.45, 2.75) is 0 Å². The molecule has 0 aliphatic rings. The van der Waals surface area contributed by atoms with Crippen LogP contribution in [0.4, 0.5) is 5.69 Å². The van der Waals surface area contributed by atoms with E-state index in [1.54, 1.807) is 7.05 Å². The minimum atomic E-state index is 0. The van der Waals surface area contributed by atoms with E-state index in [0.717, 1.165) is 5.69 Å². The number of benzene rings is 1. The third kappa shape index (κ3) is 3.60. The number of hydrogen-bond donors (Lipinski definition) is 2. The molecule has 2 N–H and O–H groups in total. The fraction of sp³-hybridized carbons (Fsp3) is 0.125. The summed E-state index contributed by atoms with van der Waals surface area (Å²) in [6.07, 6.45) is 0. The molecule has 0 fully saturated rings. The number of para-hydroxylation sites is 1. The molecule has 0 radical (unpaired) electrons. The van der Waals surface area contributed by atoms with Crippen molar-refractivity contribution in [3.8, 4) is 0 Å². The highest BCUT2D eigenvalue weighted by atomic mass is 35.5. The maximum absolute atomic E-state index is 5.69. The van der Waals surface area contributed by atoms with Crippen LogP contribution >= 0.6 is 11.6 Å². The van der Waals surface area contributed by atoms with Crippen LogP contribution in [0, 0.1) is 0 Å². The molecule has 0 aromatic heterocycles. The first-order valence-electron chi connectivity index (χ1n) is 3.35. The van der Waals surface area contributed by atoms with E-state index in [1.807, 2.05) is 30.3 Å². The van der Waals surface area contributed by atoms with Gasteiger partial charge in [0, 0.05) is 11.6 Å². The van der Waals surface area contributed by atoms with Crippen LogP contribution in [0.2, 0.25) is 0 Å². The van der Waals surface area contributed by atoms with E-state index >= 15 is 0 Å². The molecule has 0 bridgehead atoms. The average molecular weight is 205 g/mol. The Kier molecular flexibility index (Phi) is 5.51. The molecular formula is C8H10Cl2N2. The first-order valence-corrected chi connectivity index (χ1v) is 3.73. The first kappa shape index (κ1) is 11.3. The Morgan fingerprint density at radius 2 is 1.92 bits per heavy atom. The number of amidine groups is 1. The van der Waals surface area contributed by atoms with Crippen molar-refractivity contribution in [2.75, 3.05) is 12.4 Å². The molecule has 0 amide bonds. The monoisotopic (exact) mass is 204 g/mol. The smallest absolute Gasteiger partial charge is 0.345 e. The number of nitrogens with one attached hydrogen (secondary N) is 2. The minimum absolute atomic E-state index is 0. The van der Waals surface area contributed by atoms with E-state index in [2.05, 4.69) is 10.3 Å². The second-order valence-electron chi connectivity index (χ2n) is 2.06. The highest BCUT2D eigenvalue weighted by molar-refractivity contribution is 6.65. The van der Waals surface area contributed by atoms with Gasteiger partial charge >= 0.3 is 5.29 Å². The van der Waals surface area contributed by atoms with Crippen molar-refractivity contribution < 1.29 is 17.4 Å². The second-order valence-corrected chi connectivity index (χ2v) is 2.43. The Balaban J connectivity index is 0.00000121. The summed E-state index contributed by atoms with van der Waals surface area (Å²) in [4.78, 5) is 2.78. The average Bonchev–Trinajstić information content (AvgIpc) is 2.06. The summed E-state index contributed by atoms with van der Waals surface area (Å²) in [5.41, 5.74) is 0.979. The van der Waals surface area contributed by atoms with Gasteiger partial charge in [-0.05, 0) is 12.1 Å². The van der Waals surface area contributed by atoms with Crippen molar-refractivity contribution in [2.24, 2.45) is 0 Å². The molecule has 0 saturated heterocycles. The number of halogens is 2. The molecule has 66 valence electrons. The molecule has 12 heavy (non-hydrogen) atoms. The largest absolute Gasteiger partial charge is 1.00 e. The van der Waals surface area contributed by atoms with Gasteiger partial charge in [-0.1, -0.05) is 18.2 Å². The van der Waals surface area contributed by atoms with E-state index in [0.29, 0.717) is 5.29 Å². The van der Waals surface area contributed by atoms with Crippen molar-refractivity contribution in [1.82, 2.24) is 0 Å². The molecule has 2 nitrogen and oxygen atoms in total. The molecule has 0 atom stereocenters. The Labute approximate surface area is 83.1 Å². The van der Waals surface area contributed by atoms with Crippen LogP contribution in [0.15, 0.2) is 30.3 Å². The van der Waals surface area contributed by atoms with Crippen LogP contribution in [0.1, 0.15) is 0 Å². The summed E-state index contributed by atoms with van der Waals surface area (Å²) in [5, 5.41) is 3.49. The lowest BCUT2D eigenvalue weighted by molar-refractivity contribution is -0.416. The molecular weight excluding hydrogens is 195 g/mol. The maximum Gasteiger partial charge on any atom is 0.345 e. The lowest BCUT2D eigenvalue weighted by Gasteiger charge is -1.93. The highest BCUT2D eigenvalue weighted by Gasteiger charge is 1.99. The molecule has 0 aliphatic carbocycles. The first-order chi connectivity index (χ1) is 5.33. The molecule has 0 aliphatic heterocycles. The van der Waals surface area contributed by atoms with Gasteiger partial charge < -0.3 is 12.4 Å².